The third kappa shape index (κ3) is 4.08. The van der Waals surface area contributed by atoms with Gasteiger partial charge in [-0.2, -0.15) is 0 Å². The van der Waals surface area contributed by atoms with Crippen LogP contribution in [0.1, 0.15) is 9.67 Å². The van der Waals surface area contributed by atoms with E-state index in [1.807, 2.05) is 35.2 Å². The lowest BCUT2D eigenvalue weighted by molar-refractivity contribution is 0.0959. The fourth-order valence-electron chi connectivity index (χ4n) is 1.96. The van der Waals surface area contributed by atoms with Crippen molar-refractivity contribution in [1.82, 2.24) is 19.9 Å². The topological polar surface area (TPSA) is 71.8 Å². The van der Waals surface area contributed by atoms with Gasteiger partial charge in [0.05, 0.1) is 9.21 Å². The number of halogens is 1. The van der Waals surface area contributed by atoms with Crippen molar-refractivity contribution in [3.05, 3.63) is 58.3 Å². The molecular weight excluding hydrogens is 334 g/mol. The first-order valence-corrected chi connectivity index (χ1v) is 8.14. The standard InChI is InChI=1S/C15H14ClN5OS/c16-12-4-3-11(23-12)15(22)18-6-5-17-13-9-14(20-10-19-13)21-7-1-2-8-21/h1-4,7-10H,5-6H2,(H,18,22)(H,17,19,20). The Hall–Kier alpha value is -2.38. The molecule has 23 heavy (non-hydrogen) atoms. The van der Waals surface area contributed by atoms with Crippen molar-refractivity contribution in [3.63, 3.8) is 0 Å². The first-order chi connectivity index (χ1) is 11.2. The summed E-state index contributed by atoms with van der Waals surface area (Å²) in [6.07, 6.45) is 5.33. The van der Waals surface area contributed by atoms with E-state index in [9.17, 15) is 4.79 Å². The van der Waals surface area contributed by atoms with Gasteiger partial charge in [-0.25, -0.2) is 9.97 Å². The summed E-state index contributed by atoms with van der Waals surface area (Å²) in [5, 5.41) is 5.98. The second-order valence-corrected chi connectivity index (χ2v) is 6.35. The van der Waals surface area contributed by atoms with Gasteiger partial charge in [-0.15, -0.1) is 11.3 Å². The van der Waals surface area contributed by atoms with Crippen LogP contribution in [0.2, 0.25) is 4.34 Å². The zero-order valence-corrected chi connectivity index (χ0v) is 13.6. The monoisotopic (exact) mass is 347 g/mol. The van der Waals surface area contributed by atoms with Crippen LogP contribution in [0.3, 0.4) is 0 Å². The number of amides is 1. The molecule has 3 aromatic rings. The molecule has 3 aromatic heterocycles. The normalized spacial score (nSPS) is 10.5. The summed E-state index contributed by atoms with van der Waals surface area (Å²) in [6.45, 7) is 1.05. The van der Waals surface area contributed by atoms with Crippen LogP contribution in [0.5, 0.6) is 0 Å². The van der Waals surface area contributed by atoms with Gasteiger partial charge in [-0.3, -0.25) is 4.79 Å². The molecule has 0 bridgehead atoms. The van der Waals surface area contributed by atoms with Gasteiger partial charge >= 0.3 is 0 Å². The van der Waals surface area contributed by atoms with Crippen LogP contribution in [-0.2, 0) is 0 Å². The number of nitrogens with one attached hydrogen (secondary N) is 2. The highest BCUT2D eigenvalue weighted by Crippen LogP contribution is 2.20. The van der Waals surface area contributed by atoms with E-state index in [0.29, 0.717) is 28.1 Å². The molecule has 2 N–H and O–H groups in total. The highest BCUT2D eigenvalue weighted by Gasteiger charge is 2.07. The van der Waals surface area contributed by atoms with Gasteiger partial charge in [-0.1, -0.05) is 11.6 Å². The zero-order valence-electron chi connectivity index (χ0n) is 12.1. The number of carbonyl (C=O) groups is 1. The quantitative estimate of drug-likeness (QED) is 0.673. The molecule has 0 fully saturated rings. The molecule has 0 radical (unpaired) electrons. The minimum absolute atomic E-state index is 0.126. The van der Waals surface area contributed by atoms with Crippen molar-refractivity contribution in [2.45, 2.75) is 0 Å². The fourth-order valence-corrected chi connectivity index (χ4v) is 2.92. The largest absolute Gasteiger partial charge is 0.368 e. The number of rotatable bonds is 6. The van der Waals surface area contributed by atoms with Gasteiger partial charge in [0.25, 0.3) is 5.91 Å². The van der Waals surface area contributed by atoms with Gasteiger partial charge in [0.2, 0.25) is 0 Å². The Labute approximate surface area is 142 Å². The van der Waals surface area contributed by atoms with E-state index in [0.717, 1.165) is 5.82 Å². The molecule has 0 saturated carbocycles. The van der Waals surface area contributed by atoms with E-state index in [-0.39, 0.29) is 5.91 Å². The summed E-state index contributed by atoms with van der Waals surface area (Å²) >= 11 is 7.07. The average Bonchev–Trinajstić information content (AvgIpc) is 3.23. The molecule has 0 atom stereocenters. The number of carbonyl (C=O) groups excluding carboxylic acids is 1. The summed E-state index contributed by atoms with van der Waals surface area (Å²) in [5.41, 5.74) is 0. The zero-order chi connectivity index (χ0) is 16.1. The number of nitrogens with zero attached hydrogens (tertiary/aromatic N) is 3. The lowest BCUT2D eigenvalue weighted by Crippen LogP contribution is -2.28. The molecule has 118 valence electrons. The Kier molecular flexibility index (Phi) is 4.89. The van der Waals surface area contributed by atoms with Gasteiger partial charge in [0, 0.05) is 31.5 Å². The molecule has 0 aromatic carbocycles. The summed E-state index contributed by atoms with van der Waals surface area (Å²) in [5.74, 6) is 1.36. The van der Waals surface area contributed by atoms with E-state index in [2.05, 4.69) is 20.6 Å². The Balaban J connectivity index is 1.49. The molecule has 0 saturated heterocycles. The van der Waals surface area contributed by atoms with Crippen LogP contribution in [0.4, 0.5) is 5.82 Å². The maximum absolute atomic E-state index is 11.9. The van der Waals surface area contributed by atoms with Crippen LogP contribution in [0.25, 0.3) is 5.82 Å². The molecule has 0 unspecified atom stereocenters. The van der Waals surface area contributed by atoms with E-state index < -0.39 is 0 Å². The van der Waals surface area contributed by atoms with E-state index in [1.54, 1.807) is 12.1 Å². The third-order valence-corrected chi connectivity index (χ3v) is 4.27. The third-order valence-electron chi connectivity index (χ3n) is 3.04. The summed E-state index contributed by atoms with van der Waals surface area (Å²) in [6, 6.07) is 9.14. The number of anilines is 1. The lowest BCUT2D eigenvalue weighted by Gasteiger charge is -2.08. The average molecular weight is 348 g/mol. The molecule has 0 spiro atoms. The van der Waals surface area contributed by atoms with Crippen LogP contribution >= 0.6 is 22.9 Å². The van der Waals surface area contributed by atoms with Crippen LogP contribution in [0, 0.1) is 0 Å². The van der Waals surface area contributed by atoms with E-state index in [4.69, 9.17) is 11.6 Å². The second kappa shape index (κ2) is 7.26. The smallest absolute Gasteiger partial charge is 0.261 e. The first-order valence-electron chi connectivity index (χ1n) is 6.95. The number of thiophene rings is 1. The van der Waals surface area contributed by atoms with Crippen LogP contribution in [-0.4, -0.2) is 33.5 Å². The van der Waals surface area contributed by atoms with E-state index >= 15 is 0 Å². The molecule has 8 heteroatoms. The van der Waals surface area contributed by atoms with Crippen LogP contribution in [0.15, 0.2) is 49.1 Å². The number of hydrogen-bond acceptors (Lipinski definition) is 5. The Morgan fingerprint density at radius 3 is 2.78 bits per heavy atom. The highest BCUT2D eigenvalue weighted by atomic mass is 35.5. The van der Waals surface area contributed by atoms with E-state index in [1.165, 1.54) is 17.7 Å². The van der Waals surface area contributed by atoms with Crippen molar-refractivity contribution in [1.29, 1.82) is 0 Å². The maximum atomic E-state index is 11.9. The fraction of sp³-hybridized carbons (Fsp3) is 0.133. The van der Waals surface area contributed by atoms with Crippen molar-refractivity contribution in [2.75, 3.05) is 18.4 Å². The first kappa shape index (κ1) is 15.5. The van der Waals surface area contributed by atoms with Gasteiger partial charge < -0.3 is 15.2 Å². The minimum Gasteiger partial charge on any atom is -0.368 e. The Morgan fingerprint density at radius 2 is 2.04 bits per heavy atom. The summed E-state index contributed by atoms with van der Waals surface area (Å²) in [4.78, 5) is 20.8. The Morgan fingerprint density at radius 1 is 1.22 bits per heavy atom. The Bertz CT molecular complexity index is 787. The maximum Gasteiger partial charge on any atom is 0.261 e. The second-order valence-electron chi connectivity index (χ2n) is 4.64. The lowest BCUT2D eigenvalue weighted by atomic mass is 10.4. The summed E-state index contributed by atoms with van der Waals surface area (Å²) < 4.78 is 2.50. The molecule has 3 heterocycles. The van der Waals surface area contributed by atoms with Gasteiger partial charge in [-0.05, 0) is 24.3 Å². The molecule has 6 nitrogen and oxygen atoms in total. The predicted octanol–water partition coefficient (Wildman–Crippen LogP) is 2.82. The molecule has 1 amide bonds. The van der Waals surface area contributed by atoms with Gasteiger partial charge in [0.1, 0.15) is 18.0 Å². The van der Waals surface area contributed by atoms with Gasteiger partial charge in [0.15, 0.2) is 0 Å². The molecule has 0 aliphatic rings. The van der Waals surface area contributed by atoms with Crippen molar-refractivity contribution < 1.29 is 4.79 Å². The predicted molar refractivity (Wildman–Crippen MR) is 91.5 cm³/mol. The highest BCUT2D eigenvalue weighted by molar-refractivity contribution is 7.17. The molecular formula is C15H14ClN5OS. The summed E-state index contributed by atoms with van der Waals surface area (Å²) in [7, 11) is 0. The molecule has 3 rings (SSSR count). The molecule has 0 aliphatic carbocycles. The number of hydrogen-bond donors (Lipinski definition) is 2. The van der Waals surface area contributed by atoms with Crippen molar-refractivity contribution >= 4 is 34.7 Å². The number of aromatic nitrogens is 3. The van der Waals surface area contributed by atoms with Crippen LogP contribution < -0.4 is 10.6 Å². The molecule has 0 aliphatic heterocycles. The van der Waals surface area contributed by atoms with Crippen molar-refractivity contribution in [3.8, 4) is 5.82 Å². The SMILES string of the molecule is O=C(NCCNc1cc(-n2cccc2)ncn1)c1ccc(Cl)s1. The minimum atomic E-state index is -0.126. The van der Waals surface area contributed by atoms with Crippen molar-refractivity contribution in [2.24, 2.45) is 0 Å².